The minimum Gasteiger partial charge on any atom is -0.481 e. The highest BCUT2D eigenvalue weighted by molar-refractivity contribution is 5.81. The predicted octanol–water partition coefficient (Wildman–Crippen LogP) is 2.05. The van der Waals surface area contributed by atoms with E-state index in [0.29, 0.717) is 19.7 Å². The Labute approximate surface area is 114 Å². The van der Waals surface area contributed by atoms with Crippen LogP contribution in [0.4, 0.5) is 0 Å². The number of carbonyl (C=O) groups excluding carboxylic acids is 1. The molecule has 5 nitrogen and oxygen atoms in total. The zero-order chi connectivity index (χ0) is 14.1. The quantitative estimate of drug-likeness (QED) is 0.652. The van der Waals surface area contributed by atoms with Crippen LogP contribution in [0.2, 0.25) is 0 Å². The second kappa shape index (κ2) is 8.91. The van der Waals surface area contributed by atoms with Gasteiger partial charge in [0.1, 0.15) is 6.10 Å². The van der Waals surface area contributed by atoms with E-state index in [1.54, 1.807) is 4.90 Å². The smallest absolute Gasteiger partial charge is 0.305 e. The maximum Gasteiger partial charge on any atom is 0.305 e. The molecule has 1 atom stereocenters. The summed E-state index contributed by atoms with van der Waals surface area (Å²) >= 11 is 0. The molecule has 1 heterocycles. The Kier molecular flexibility index (Phi) is 7.48. The first-order chi connectivity index (χ1) is 9.15. The van der Waals surface area contributed by atoms with Gasteiger partial charge >= 0.3 is 5.97 Å². The van der Waals surface area contributed by atoms with Gasteiger partial charge in [0.15, 0.2) is 0 Å². The minimum atomic E-state index is -0.862. The van der Waals surface area contributed by atoms with Gasteiger partial charge in [0.05, 0.1) is 6.42 Å². The molecular weight excluding hydrogens is 246 g/mol. The molecule has 0 aromatic carbocycles. The Bertz CT molecular complexity index is 287. The molecule has 0 aliphatic carbocycles. The second-order valence-corrected chi connectivity index (χ2v) is 5.03. The number of ether oxygens (including phenoxy) is 1. The third-order valence-corrected chi connectivity index (χ3v) is 3.39. The lowest BCUT2D eigenvalue weighted by Gasteiger charge is -2.24. The van der Waals surface area contributed by atoms with E-state index in [0.717, 1.165) is 38.5 Å². The van der Waals surface area contributed by atoms with Gasteiger partial charge < -0.3 is 14.7 Å². The molecule has 0 spiro atoms. The van der Waals surface area contributed by atoms with Crippen LogP contribution in [-0.2, 0) is 14.3 Å². The van der Waals surface area contributed by atoms with Crippen molar-refractivity contribution < 1.29 is 19.4 Å². The summed E-state index contributed by atoms with van der Waals surface area (Å²) < 4.78 is 5.39. The SMILES string of the molecule is CCCCCCN(CCC(=O)O)C(=O)C1CCCO1. The van der Waals surface area contributed by atoms with Gasteiger partial charge in [0, 0.05) is 19.7 Å². The van der Waals surface area contributed by atoms with E-state index in [2.05, 4.69) is 6.92 Å². The molecule has 1 amide bonds. The summed E-state index contributed by atoms with van der Waals surface area (Å²) in [4.78, 5) is 24.6. The van der Waals surface area contributed by atoms with Crippen LogP contribution in [0.15, 0.2) is 0 Å². The van der Waals surface area contributed by atoms with Gasteiger partial charge in [-0.3, -0.25) is 9.59 Å². The Morgan fingerprint density at radius 2 is 2.05 bits per heavy atom. The topological polar surface area (TPSA) is 66.8 Å². The van der Waals surface area contributed by atoms with Crippen LogP contribution in [0.3, 0.4) is 0 Å². The normalized spacial score (nSPS) is 18.5. The van der Waals surface area contributed by atoms with E-state index in [4.69, 9.17) is 9.84 Å². The number of amides is 1. The number of nitrogens with zero attached hydrogens (tertiary/aromatic N) is 1. The summed E-state index contributed by atoms with van der Waals surface area (Å²) in [6, 6.07) is 0. The fraction of sp³-hybridized carbons (Fsp3) is 0.857. The summed E-state index contributed by atoms with van der Waals surface area (Å²) in [5, 5.41) is 8.75. The van der Waals surface area contributed by atoms with Crippen LogP contribution in [-0.4, -0.2) is 47.7 Å². The predicted molar refractivity (Wildman–Crippen MR) is 71.9 cm³/mol. The Balaban J connectivity index is 2.42. The molecule has 0 radical (unpaired) electrons. The van der Waals surface area contributed by atoms with Crippen molar-refractivity contribution in [3.63, 3.8) is 0 Å². The first-order valence-electron chi connectivity index (χ1n) is 7.27. The van der Waals surface area contributed by atoms with Gasteiger partial charge in [0.2, 0.25) is 0 Å². The van der Waals surface area contributed by atoms with Crippen LogP contribution in [0.5, 0.6) is 0 Å². The average Bonchev–Trinajstić information content (AvgIpc) is 2.90. The summed E-state index contributed by atoms with van der Waals surface area (Å²) in [6.45, 7) is 3.71. The zero-order valence-electron chi connectivity index (χ0n) is 11.8. The molecule has 0 aromatic rings. The van der Waals surface area contributed by atoms with Crippen molar-refractivity contribution in [3.8, 4) is 0 Å². The number of carbonyl (C=O) groups is 2. The van der Waals surface area contributed by atoms with Crippen molar-refractivity contribution in [2.75, 3.05) is 19.7 Å². The van der Waals surface area contributed by atoms with Crippen molar-refractivity contribution >= 4 is 11.9 Å². The standard InChI is InChI=1S/C14H25NO4/c1-2-3-4-5-9-15(10-8-13(16)17)14(18)12-7-6-11-19-12/h12H,2-11H2,1H3,(H,16,17). The largest absolute Gasteiger partial charge is 0.481 e. The molecule has 5 heteroatoms. The first-order valence-corrected chi connectivity index (χ1v) is 7.27. The fourth-order valence-corrected chi connectivity index (χ4v) is 2.27. The summed E-state index contributed by atoms with van der Waals surface area (Å²) in [5.41, 5.74) is 0. The van der Waals surface area contributed by atoms with Crippen molar-refractivity contribution in [3.05, 3.63) is 0 Å². The van der Waals surface area contributed by atoms with Gasteiger partial charge in [-0.15, -0.1) is 0 Å². The third-order valence-electron chi connectivity index (χ3n) is 3.39. The Morgan fingerprint density at radius 1 is 1.26 bits per heavy atom. The molecule has 110 valence electrons. The van der Waals surface area contributed by atoms with E-state index in [1.807, 2.05) is 0 Å². The summed E-state index contributed by atoms with van der Waals surface area (Å²) in [6.07, 6.45) is 5.66. The number of unbranched alkanes of at least 4 members (excludes halogenated alkanes) is 3. The van der Waals surface area contributed by atoms with Crippen LogP contribution >= 0.6 is 0 Å². The van der Waals surface area contributed by atoms with Gasteiger partial charge in [-0.25, -0.2) is 0 Å². The Hall–Kier alpha value is -1.10. The highest BCUT2D eigenvalue weighted by Gasteiger charge is 2.28. The average molecular weight is 271 g/mol. The lowest BCUT2D eigenvalue weighted by molar-refractivity contribution is -0.143. The van der Waals surface area contributed by atoms with Gasteiger partial charge in [-0.2, -0.15) is 0 Å². The van der Waals surface area contributed by atoms with E-state index in [9.17, 15) is 9.59 Å². The van der Waals surface area contributed by atoms with E-state index >= 15 is 0 Å². The number of rotatable bonds is 9. The van der Waals surface area contributed by atoms with Crippen molar-refractivity contribution in [1.29, 1.82) is 0 Å². The molecule has 1 saturated heterocycles. The number of carboxylic acids is 1. The maximum absolute atomic E-state index is 12.2. The highest BCUT2D eigenvalue weighted by atomic mass is 16.5. The first kappa shape index (κ1) is 16.0. The number of carboxylic acid groups (broad SMARTS) is 1. The molecule has 0 saturated carbocycles. The minimum absolute atomic E-state index is 0.00619. The van der Waals surface area contributed by atoms with Crippen molar-refractivity contribution in [2.45, 2.75) is 58.0 Å². The molecule has 19 heavy (non-hydrogen) atoms. The second-order valence-electron chi connectivity index (χ2n) is 5.03. The monoisotopic (exact) mass is 271 g/mol. The lowest BCUT2D eigenvalue weighted by Crippen LogP contribution is -2.40. The molecule has 1 N–H and O–H groups in total. The number of hydrogen-bond acceptors (Lipinski definition) is 3. The molecule has 1 aliphatic heterocycles. The zero-order valence-corrected chi connectivity index (χ0v) is 11.8. The van der Waals surface area contributed by atoms with Crippen LogP contribution in [0.25, 0.3) is 0 Å². The van der Waals surface area contributed by atoms with E-state index < -0.39 is 5.97 Å². The van der Waals surface area contributed by atoms with Crippen LogP contribution < -0.4 is 0 Å². The van der Waals surface area contributed by atoms with E-state index in [1.165, 1.54) is 0 Å². The molecule has 1 rings (SSSR count). The number of aliphatic carboxylic acids is 1. The third kappa shape index (κ3) is 6.05. The highest BCUT2D eigenvalue weighted by Crippen LogP contribution is 2.15. The number of hydrogen-bond donors (Lipinski definition) is 1. The maximum atomic E-state index is 12.2. The van der Waals surface area contributed by atoms with Crippen molar-refractivity contribution in [1.82, 2.24) is 4.90 Å². The summed E-state index contributed by atoms with van der Waals surface area (Å²) in [7, 11) is 0. The molecule has 1 fully saturated rings. The van der Waals surface area contributed by atoms with Crippen LogP contribution in [0, 0.1) is 0 Å². The van der Waals surface area contributed by atoms with Crippen molar-refractivity contribution in [2.24, 2.45) is 0 Å². The summed E-state index contributed by atoms with van der Waals surface area (Å²) in [5.74, 6) is -0.894. The molecular formula is C14H25NO4. The fourth-order valence-electron chi connectivity index (χ4n) is 2.27. The molecule has 1 aliphatic rings. The van der Waals surface area contributed by atoms with Gasteiger partial charge in [-0.05, 0) is 19.3 Å². The molecule has 0 aromatic heterocycles. The lowest BCUT2D eigenvalue weighted by atomic mass is 10.1. The molecule has 1 unspecified atom stereocenters. The molecule has 0 bridgehead atoms. The van der Waals surface area contributed by atoms with Gasteiger partial charge in [-0.1, -0.05) is 26.2 Å². The Morgan fingerprint density at radius 3 is 2.63 bits per heavy atom. The van der Waals surface area contributed by atoms with E-state index in [-0.39, 0.29) is 18.4 Å². The van der Waals surface area contributed by atoms with Crippen LogP contribution in [0.1, 0.15) is 51.9 Å². The van der Waals surface area contributed by atoms with Gasteiger partial charge in [0.25, 0.3) is 5.91 Å².